The Morgan fingerprint density at radius 1 is 1.00 bits per heavy atom. The molecule has 0 radical (unpaired) electrons. The maximum Gasteiger partial charge on any atom is 0.323 e. The van der Waals surface area contributed by atoms with Crippen molar-refractivity contribution in [3.63, 3.8) is 0 Å². The molecule has 0 saturated carbocycles. The van der Waals surface area contributed by atoms with Gasteiger partial charge in [0.1, 0.15) is 23.5 Å². The normalized spacial score (nSPS) is 11.2. The van der Waals surface area contributed by atoms with Crippen molar-refractivity contribution in [3.05, 3.63) is 66.3 Å². The quantitative estimate of drug-likeness (QED) is 0.679. The van der Waals surface area contributed by atoms with Crippen molar-refractivity contribution in [2.24, 2.45) is 0 Å². The molecule has 2 N–H and O–H groups in total. The molecule has 0 atom stereocenters. The predicted molar refractivity (Wildman–Crippen MR) is 92.2 cm³/mol. The Labute approximate surface area is 148 Å². The van der Waals surface area contributed by atoms with Gasteiger partial charge in [-0.1, -0.05) is 5.16 Å². The van der Waals surface area contributed by atoms with Crippen molar-refractivity contribution >= 4 is 27.2 Å². The first-order chi connectivity index (χ1) is 12.4. The Morgan fingerprint density at radius 2 is 1.58 bits per heavy atom. The summed E-state index contributed by atoms with van der Waals surface area (Å²) < 4.78 is 42.7. The molecule has 1 aromatic heterocycles. The number of benzene rings is 2. The Kier molecular flexibility index (Phi) is 4.72. The SMILES string of the molecule is Cc1nocc1NC(=O)Nc1ccc(S(=O)(=O)c2ccc(F)cc2)cc1. The molecule has 26 heavy (non-hydrogen) atoms. The highest BCUT2D eigenvalue weighted by Gasteiger charge is 2.17. The van der Waals surface area contributed by atoms with Crippen molar-refractivity contribution < 1.29 is 22.1 Å². The number of nitrogens with zero attached hydrogens (tertiary/aromatic N) is 1. The summed E-state index contributed by atoms with van der Waals surface area (Å²) in [5.41, 5.74) is 1.36. The zero-order valence-electron chi connectivity index (χ0n) is 13.6. The Hall–Kier alpha value is -3.20. The van der Waals surface area contributed by atoms with Gasteiger partial charge in [-0.25, -0.2) is 17.6 Å². The van der Waals surface area contributed by atoms with Gasteiger partial charge < -0.3 is 15.2 Å². The number of aryl methyl sites for hydroxylation is 1. The fourth-order valence-electron chi connectivity index (χ4n) is 2.16. The number of nitrogens with one attached hydrogen (secondary N) is 2. The summed E-state index contributed by atoms with van der Waals surface area (Å²) >= 11 is 0. The van der Waals surface area contributed by atoms with Crippen molar-refractivity contribution in [2.75, 3.05) is 10.6 Å². The van der Waals surface area contributed by atoms with E-state index in [0.717, 1.165) is 12.1 Å². The predicted octanol–water partition coefficient (Wildman–Crippen LogP) is 3.60. The summed E-state index contributed by atoms with van der Waals surface area (Å²) in [7, 11) is -3.76. The van der Waals surface area contributed by atoms with E-state index in [1.54, 1.807) is 6.92 Å². The third kappa shape index (κ3) is 3.72. The van der Waals surface area contributed by atoms with E-state index < -0.39 is 21.7 Å². The summed E-state index contributed by atoms with van der Waals surface area (Å²) in [6.45, 7) is 1.67. The van der Waals surface area contributed by atoms with E-state index in [-0.39, 0.29) is 9.79 Å². The van der Waals surface area contributed by atoms with E-state index in [0.29, 0.717) is 17.1 Å². The van der Waals surface area contributed by atoms with Crippen molar-refractivity contribution in [2.45, 2.75) is 16.7 Å². The minimum absolute atomic E-state index is 0.0136. The number of carbonyl (C=O) groups excluding carboxylic acids is 1. The summed E-state index contributed by atoms with van der Waals surface area (Å²) in [6.07, 6.45) is 1.30. The number of amides is 2. The second kappa shape index (κ2) is 6.96. The van der Waals surface area contributed by atoms with Crippen LogP contribution in [0, 0.1) is 12.7 Å². The van der Waals surface area contributed by atoms with Crippen molar-refractivity contribution in [1.29, 1.82) is 0 Å². The first kappa shape index (κ1) is 17.6. The molecule has 0 aliphatic heterocycles. The fourth-order valence-corrected chi connectivity index (χ4v) is 3.43. The van der Waals surface area contributed by atoms with Crippen LogP contribution in [0.2, 0.25) is 0 Å². The van der Waals surface area contributed by atoms with Crippen LogP contribution in [0.4, 0.5) is 20.6 Å². The van der Waals surface area contributed by atoms with Crippen LogP contribution >= 0.6 is 0 Å². The zero-order chi connectivity index (χ0) is 18.7. The molecule has 2 amide bonds. The molecule has 0 aliphatic carbocycles. The molecule has 0 aliphatic rings. The van der Waals surface area contributed by atoms with Crippen molar-refractivity contribution in [3.8, 4) is 0 Å². The number of urea groups is 1. The number of anilines is 2. The van der Waals surface area contributed by atoms with Crippen LogP contribution in [0.5, 0.6) is 0 Å². The molecule has 7 nitrogen and oxygen atoms in total. The van der Waals surface area contributed by atoms with E-state index in [1.807, 2.05) is 0 Å². The van der Waals surface area contributed by atoms with Crippen LogP contribution in [-0.2, 0) is 9.84 Å². The molecule has 3 aromatic rings. The third-order valence-corrected chi connectivity index (χ3v) is 5.33. The minimum Gasteiger partial charge on any atom is -0.362 e. The highest BCUT2D eigenvalue weighted by atomic mass is 32.2. The summed E-state index contributed by atoms with van der Waals surface area (Å²) in [5, 5.41) is 8.77. The van der Waals surface area contributed by atoms with Gasteiger partial charge in [-0.05, 0) is 55.5 Å². The molecule has 0 unspecified atom stereocenters. The van der Waals surface area contributed by atoms with Crippen LogP contribution in [0.25, 0.3) is 0 Å². The van der Waals surface area contributed by atoms with Gasteiger partial charge in [-0.2, -0.15) is 0 Å². The lowest BCUT2D eigenvalue weighted by molar-refractivity contribution is 0.262. The van der Waals surface area contributed by atoms with Crippen LogP contribution in [0.3, 0.4) is 0 Å². The summed E-state index contributed by atoms with van der Waals surface area (Å²) in [6, 6.07) is 9.67. The fraction of sp³-hybridized carbons (Fsp3) is 0.0588. The topological polar surface area (TPSA) is 101 Å². The van der Waals surface area contributed by atoms with Gasteiger partial charge in [0.15, 0.2) is 0 Å². The molecule has 0 bridgehead atoms. The van der Waals surface area contributed by atoms with Crippen LogP contribution < -0.4 is 10.6 Å². The maximum absolute atomic E-state index is 13.0. The van der Waals surface area contributed by atoms with E-state index in [1.165, 1.54) is 42.7 Å². The molecule has 0 fully saturated rings. The molecule has 0 saturated heterocycles. The Morgan fingerprint density at radius 3 is 2.12 bits per heavy atom. The molecule has 0 spiro atoms. The molecule has 3 rings (SSSR count). The number of halogens is 1. The van der Waals surface area contributed by atoms with Gasteiger partial charge in [0, 0.05) is 5.69 Å². The van der Waals surface area contributed by atoms with Gasteiger partial charge in [0.25, 0.3) is 0 Å². The lowest BCUT2D eigenvalue weighted by Crippen LogP contribution is -2.19. The molecule has 1 heterocycles. The van der Waals surface area contributed by atoms with Gasteiger partial charge in [-0.3, -0.25) is 0 Å². The standard InChI is InChI=1S/C17H14FN3O4S/c1-11-16(10-25-21-11)20-17(22)19-13-4-8-15(9-5-13)26(23,24)14-6-2-12(18)3-7-14/h2-10H,1H3,(H2,19,20,22). The van der Waals surface area contributed by atoms with Gasteiger partial charge in [0.2, 0.25) is 9.84 Å². The largest absolute Gasteiger partial charge is 0.362 e. The summed E-state index contributed by atoms with van der Waals surface area (Å²) in [4.78, 5) is 11.9. The smallest absolute Gasteiger partial charge is 0.323 e. The lowest BCUT2D eigenvalue weighted by Gasteiger charge is -2.08. The first-order valence-electron chi connectivity index (χ1n) is 7.46. The molecule has 134 valence electrons. The monoisotopic (exact) mass is 375 g/mol. The zero-order valence-corrected chi connectivity index (χ0v) is 14.4. The maximum atomic E-state index is 13.0. The minimum atomic E-state index is -3.76. The van der Waals surface area contributed by atoms with Crippen molar-refractivity contribution in [1.82, 2.24) is 5.16 Å². The average molecular weight is 375 g/mol. The number of sulfone groups is 1. The lowest BCUT2D eigenvalue weighted by atomic mass is 10.3. The van der Waals surface area contributed by atoms with E-state index in [2.05, 4.69) is 15.8 Å². The van der Waals surface area contributed by atoms with Crippen LogP contribution in [0.15, 0.2) is 69.1 Å². The second-order valence-corrected chi connectivity index (χ2v) is 7.32. The molecular formula is C17H14FN3O4S. The molecule has 9 heteroatoms. The average Bonchev–Trinajstić information content (AvgIpc) is 3.00. The number of hydrogen-bond donors (Lipinski definition) is 2. The number of rotatable bonds is 4. The third-order valence-electron chi connectivity index (χ3n) is 3.54. The second-order valence-electron chi connectivity index (χ2n) is 5.37. The van der Waals surface area contributed by atoms with E-state index in [9.17, 15) is 17.6 Å². The van der Waals surface area contributed by atoms with Crippen LogP contribution in [0.1, 0.15) is 5.69 Å². The van der Waals surface area contributed by atoms with Crippen LogP contribution in [-0.4, -0.2) is 19.6 Å². The molecule has 2 aromatic carbocycles. The molecular weight excluding hydrogens is 361 g/mol. The highest BCUT2D eigenvalue weighted by molar-refractivity contribution is 7.91. The summed E-state index contributed by atoms with van der Waals surface area (Å²) in [5.74, 6) is -0.516. The number of hydrogen-bond acceptors (Lipinski definition) is 5. The highest BCUT2D eigenvalue weighted by Crippen LogP contribution is 2.22. The van der Waals surface area contributed by atoms with Gasteiger partial charge >= 0.3 is 6.03 Å². The number of aromatic nitrogens is 1. The van der Waals surface area contributed by atoms with Gasteiger partial charge in [-0.15, -0.1) is 0 Å². The van der Waals surface area contributed by atoms with E-state index in [4.69, 9.17) is 4.52 Å². The Bertz CT molecular complexity index is 1030. The van der Waals surface area contributed by atoms with E-state index >= 15 is 0 Å². The van der Waals surface area contributed by atoms with Gasteiger partial charge in [0.05, 0.1) is 9.79 Å². The first-order valence-corrected chi connectivity index (χ1v) is 8.94. The Balaban J connectivity index is 1.73. The number of carbonyl (C=O) groups is 1.